The SMILES string of the molecule is Cc1ccc(COc2ccc(Br)cc2CCCN)cc1. The standard InChI is InChI=1S/C17H20BrNO/c1-13-4-6-14(7-5-13)12-20-17-9-8-16(18)11-15(17)3-2-10-19/h4-9,11H,2-3,10,12,19H2,1H3. The van der Waals surface area contributed by atoms with Crippen LogP contribution in [0.15, 0.2) is 46.9 Å². The smallest absolute Gasteiger partial charge is 0.123 e. The van der Waals surface area contributed by atoms with Gasteiger partial charge in [-0.1, -0.05) is 45.8 Å². The second-order valence-electron chi connectivity index (χ2n) is 4.92. The summed E-state index contributed by atoms with van der Waals surface area (Å²) >= 11 is 3.51. The average Bonchev–Trinajstić information content (AvgIpc) is 2.46. The summed E-state index contributed by atoms with van der Waals surface area (Å²) in [6, 6.07) is 14.6. The first-order valence-corrected chi connectivity index (χ1v) is 7.65. The van der Waals surface area contributed by atoms with Crippen molar-refractivity contribution in [2.24, 2.45) is 5.73 Å². The Labute approximate surface area is 129 Å². The second kappa shape index (κ2) is 7.46. The third-order valence-electron chi connectivity index (χ3n) is 3.19. The van der Waals surface area contributed by atoms with Gasteiger partial charge in [-0.25, -0.2) is 0 Å². The molecule has 0 heterocycles. The fraction of sp³-hybridized carbons (Fsp3) is 0.294. The van der Waals surface area contributed by atoms with Crippen molar-refractivity contribution < 1.29 is 4.74 Å². The van der Waals surface area contributed by atoms with Gasteiger partial charge in [0.15, 0.2) is 0 Å². The molecule has 2 nitrogen and oxygen atoms in total. The zero-order valence-corrected chi connectivity index (χ0v) is 13.3. The maximum absolute atomic E-state index is 5.95. The molecule has 0 aliphatic rings. The predicted molar refractivity (Wildman–Crippen MR) is 87.0 cm³/mol. The quantitative estimate of drug-likeness (QED) is 0.858. The molecule has 0 spiro atoms. The largest absolute Gasteiger partial charge is 0.489 e. The van der Waals surface area contributed by atoms with Crippen LogP contribution in [0, 0.1) is 6.92 Å². The molecule has 0 aliphatic carbocycles. The highest BCUT2D eigenvalue weighted by Crippen LogP contribution is 2.25. The number of nitrogens with two attached hydrogens (primary N) is 1. The van der Waals surface area contributed by atoms with E-state index in [1.807, 2.05) is 12.1 Å². The predicted octanol–water partition coefficient (Wildman–Crippen LogP) is 4.23. The van der Waals surface area contributed by atoms with Crippen LogP contribution in [0.2, 0.25) is 0 Å². The number of rotatable bonds is 6. The van der Waals surface area contributed by atoms with Crippen LogP contribution in [0.3, 0.4) is 0 Å². The summed E-state index contributed by atoms with van der Waals surface area (Å²) in [4.78, 5) is 0. The van der Waals surface area contributed by atoms with E-state index >= 15 is 0 Å². The van der Waals surface area contributed by atoms with E-state index in [1.54, 1.807) is 0 Å². The lowest BCUT2D eigenvalue weighted by Gasteiger charge is -2.12. The first-order chi connectivity index (χ1) is 9.69. The molecule has 0 amide bonds. The number of hydrogen-bond acceptors (Lipinski definition) is 2. The minimum Gasteiger partial charge on any atom is -0.489 e. The normalized spacial score (nSPS) is 10.6. The third kappa shape index (κ3) is 4.36. The molecule has 0 aromatic heterocycles. The Balaban J connectivity index is 2.06. The van der Waals surface area contributed by atoms with E-state index in [1.165, 1.54) is 16.7 Å². The van der Waals surface area contributed by atoms with Crippen LogP contribution >= 0.6 is 15.9 Å². The van der Waals surface area contributed by atoms with Crippen LogP contribution in [0.25, 0.3) is 0 Å². The van der Waals surface area contributed by atoms with Crippen molar-refractivity contribution in [2.75, 3.05) is 6.54 Å². The van der Waals surface area contributed by atoms with Crippen LogP contribution in [-0.2, 0) is 13.0 Å². The van der Waals surface area contributed by atoms with E-state index in [-0.39, 0.29) is 0 Å². The molecule has 0 radical (unpaired) electrons. The van der Waals surface area contributed by atoms with Crippen LogP contribution in [0.1, 0.15) is 23.1 Å². The molecule has 2 aromatic carbocycles. The summed E-state index contributed by atoms with van der Waals surface area (Å²) in [5, 5.41) is 0. The highest BCUT2D eigenvalue weighted by Gasteiger charge is 2.05. The van der Waals surface area contributed by atoms with Crippen LogP contribution < -0.4 is 10.5 Å². The summed E-state index contributed by atoms with van der Waals surface area (Å²) in [6.45, 7) is 3.38. The van der Waals surface area contributed by atoms with Crippen LogP contribution in [-0.4, -0.2) is 6.54 Å². The molecule has 3 heteroatoms. The Morgan fingerprint density at radius 3 is 2.55 bits per heavy atom. The maximum Gasteiger partial charge on any atom is 0.123 e. The van der Waals surface area contributed by atoms with Crippen molar-refractivity contribution in [3.05, 3.63) is 63.6 Å². The van der Waals surface area contributed by atoms with Crippen molar-refractivity contribution in [3.63, 3.8) is 0 Å². The van der Waals surface area contributed by atoms with E-state index in [2.05, 4.69) is 53.2 Å². The van der Waals surface area contributed by atoms with Gasteiger partial charge < -0.3 is 10.5 Å². The van der Waals surface area contributed by atoms with Crippen molar-refractivity contribution >= 4 is 15.9 Å². The van der Waals surface area contributed by atoms with Gasteiger partial charge in [0.25, 0.3) is 0 Å². The molecule has 106 valence electrons. The van der Waals surface area contributed by atoms with Gasteiger partial charge in [-0.3, -0.25) is 0 Å². The fourth-order valence-corrected chi connectivity index (χ4v) is 2.43. The molecule has 2 N–H and O–H groups in total. The van der Waals surface area contributed by atoms with Gasteiger partial charge in [0.05, 0.1) is 0 Å². The first kappa shape index (κ1) is 15.1. The Morgan fingerprint density at radius 2 is 1.85 bits per heavy atom. The van der Waals surface area contributed by atoms with Gasteiger partial charge in [-0.05, 0) is 55.6 Å². The molecule has 20 heavy (non-hydrogen) atoms. The van der Waals surface area contributed by atoms with Gasteiger partial charge in [0.1, 0.15) is 12.4 Å². The van der Waals surface area contributed by atoms with Gasteiger partial charge in [0.2, 0.25) is 0 Å². The minimum absolute atomic E-state index is 0.595. The van der Waals surface area contributed by atoms with E-state index in [0.717, 1.165) is 23.1 Å². The fourth-order valence-electron chi connectivity index (χ4n) is 2.02. The molecule has 2 aromatic rings. The summed E-state index contributed by atoms with van der Waals surface area (Å²) in [5.74, 6) is 0.947. The second-order valence-corrected chi connectivity index (χ2v) is 5.83. The number of ether oxygens (including phenoxy) is 1. The number of benzene rings is 2. The van der Waals surface area contributed by atoms with E-state index < -0.39 is 0 Å². The highest BCUT2D eigenvalue weighted by molar-refractivity contribution is 9.10. The lowest BCUT2D eigenvalue weighted by atomic mass is 10.1. The molecule has 2 rings (SSSR count). The highest BCUT2D eigenvalue weighted by atomic mass is 79.9. The van der Waals surface area contributed by atoms with E-state index in [0.29, 0.717) is 13.2 Å². The van der Waals surface area contributed by atoms with Crippen LogP contribution in [0.5, 0.6) is 5.75 Å². The number of hydrogen-bond donors (Lipinski definition) is 1. The third-order valence-corrected chi connectivity index (χ3v) is 3.68. The summed E-state index contributed by atoms with van der Waals surface area (Å²) in [7, 11) is 0. The van der Waals surface area contributed by atoms with E-state index in [9.17, 15) is 0 Å². The molecule has 0 fully saturated rings. The Bertz CT molecular complexity index is 551. The number of aryl methyl sites for hydroxylation is 2. The first-order valence-electron chi connectivity index (χ1n) is 6.86. The summed E-state index contributed by atoms with van der Waals surface area (Å²) in [5.41, 5.74) is 9.25. The zero-order valence-electron chi connectivity index (χ0n) is 11.7. The Kier molecular flexibility index (Phi) is 5.62. The lowest BCUT2D eigenvalue weighted by molar-refractivity contribution is 0.302. The average molecular weight is 334 g/mol. The number of halogens is 1. The van der Waals surface area contributed by atoms with Gasteiger partial charge in [0, 0.05) is 4.47 Å². The van der Waals surface area contributed by atoms with Crippen molar-refractivity contribution in [1.82, 2.24) is 0 Å². The minimum atomic E-state index is 0.595. The molecule has 0 saturated carbocycles. The topological polar surface area (TPSA) is 35.2 Å². The van der Waals surface area contributed by atoms with Gasteiger partial charge >= 0.3 is 0 Å². The van der Waals surface area contributed by atoms with Gasteiger partial charge in [-0.15, -0.1) is 0 Å². The molecular formula is C17H20BrNO. The molecule has 0 unspecified atom stereocenters. The Morgan fingerprint density at radius 1 is 1.10 bits per heavy atom. The van der Waals surface area contributed by atoms with Crippen molar-refractivity contribution in [1.29, 1.82) is 0 Å². The molecule has 0 atom stereocenters. The summed E-state index contributed by atoms with van der Waals surface area (Å²) < 4.78 is 7.03. The summed E-state index contributed by atoms with van der Waals surface area (Å²) in [6.07, 6.45) is 1.91. The van der Waals surface area contributed by atoms with Gasteiger partial charge in [-0.2, -0.15) is 0 Å². The Hall–Kier alpha value is -1.32. The maximum atomic E-state index is 5.95. The molecule has 0 aliphatic heterocycles. The molecule has 0 bridgehead atoms. The van der Waals surface area contributed by atoms with Crippen molar-refractivity contribution in [3.8, 4) is 5.75 Å². The van der Waals surface area contributed by atoms with Crippen molar-refractivity contribution in [2.45, 2.75) is 26.4 Å². The lowest BCUT2D eigenvalue weighted by Crippen LogP contribution is -2.03. The monoisotopic (exact) mass is 333 g/mol. The zero-order chi connectivity index (χ0) is 14.4. The van der Waals surface area contributed by atoms with E-state index in [4.69, 9.17) is 10.5 Å². The molecule has 0 saturated heterocycles. The van der Waals surface area contributed by atoms with Crippen LogP contribution in [0.4, 0.5) is 0 Å². The molecular weight excluding hydrogens is 314 g/mol.